The van der Waals surface area contributed by atoms with Crippen LogP contribution in [-0.2, 0) is 4.79 Å². The highest BCUT2D eigenvalue weighted by Crippen LogP contribution is 2.29. The van der Waals surface area contributed by atoms with Crippen molar-refractivity contribution in [2.75, 3.05) is 36.6 Å². The molecule has 164 valence electrons. The molecule has 1 aromatic heterocycles. The molecule has 2 aliphatic heterocycles. The van der Waals surface area contributed by atoms with Gasteiger partial charge in [0.15, 0.2) is 6.04 Å². The number of nitrogens with two attached hydrogens (primary N) is 1. The van der Waals surface area contributed by atoms with Gasteiger partial charge in [0.25, 0.3) is 5.91 Å². The molecule has 2 aliphatic rings. The van der Waals surface area contributed by atoms with Crippen molar-refractivity contribution in [2.24, 2.45) is 15.4 Å². The van der Waals surface area contributed by atoms with Crippen LogP contribution in [0.25, 0.3) is 0 Å². The van der Waals surface area contributed by atoms with Gasteiger partial charge < -0.3 is 10.6 Å². The first-order chi connectivity index (χ1) is 15.2. The Hall–Kier alpha value is -2.99. The number of amides is 1. The average Bonchev–Trinajstić information content (AvgIpc) is 3.40. The van der Waals surface area contributed by atoms with Gasteiger partial charge in [0, 0.05) is 11.4 Å². The summed E-state index contributed by atoms with van der Waals surface area (Å²) < 4.78 is 4.71. The van der Waals surface area contributed by atoms with Crippen molar-refractivity contribution >= 4 is 35.5 Å². The van der Waals surface area contributed by atoms with Crippen LogP contribution in [-0.4, -0.2) is 65.3 Å². The molecule has 4 rings (SSSR count). The number of piperidine rings is 1. The first-order valence-corrected chi connectivity index (χ1v) is 11.4. The molecule has 0 bridgehead atoms. The van der Waals surface area contributed by atoms with E-state index in [0.29, 0.717) is 6.54 Å². The molecule has 12 heteroatoms. The maximum Gasteiger partial charge on any atom is 0.269 e. The summed E-state index contributed by atoms with van der Waals surface area (Å²) in [5, 5.41) is 21.4. The van der Waals surface area contributed by atoms with E-state index in [9.17, 15) is 4.79 Å². The van der Waals surface area contributed by atoms with Crippen molar-refractivity contribution in [2.45, 2.75) is 36.2 Å². The van der Waals surface area contributed by atoms with E-state index in [0.717, 1.165) is 36.4 Å². The van der Waals surface area contributed by atoms with E-state index in [1.165, 1.54) is 11.4 Å². The molecule has 3 N–H and O–H groups in total. The summed E-state index contributed by atoms with van der Waals surface area (Å²) in [6.45, 7) is 2.53. The molecule has 0 saturated carbocycles. The molecule has 1 aromatic carbocycles. The van der Waals surface area contributed by atoms with E-state index >= 15 is 0 Å². The van der Waals surface area contributed by atoms with E-state index in [-0.39, 0.29) is 23.6 Å². The summed E-state index contributed by atoms with van der Waals surface area (Å²) in [6, 6.07) is 6.75. The van der Waals surface area contributed by atoms with Crippen LogP contribution in [0, 0.1) is 0 Å². The zero-order valence-electron chi connectivity index (χ0n) is 17.2. The van der Waals surface area contributed by atoms with E-state index < -0.39 is 6.04 Å². The minimum absolute atomic E-state index is 0.107. The molecule has 31 heavy (non-hydrogen) atoms. The van der Waals surface area contributed by atoms with Crippen LogP contribution in [0.4, 0.5) is 11.6 Å². The van der Waals surface area contributed by atoms with Gasteiger partial charge >= 0.3 is 0 Å². The van der Waals surface area contributed by atoms with Gasteiger partial charge in [0.05, 0.1) is 6.21 Å². The van der Waals surface area contributed by atoms with Crippen LogP contribution in [0.15, 0.2) is 49.2 Å². The molecule has 0 radical (unpaired) electrons. The summed E-state index contributed by atoms with van der Waals surface area (Å²) in [7, 11) is 0. The first-order valence-electron chi connectivity index (χ1n) is 10.1. The molecule has 1 saturated heterocycles. The molecule has 0 aliphatic carbocycles. The number of hydrazone groups is 1. The molecular formula is C19H25N9O2S. The van der Waals surface area contributed by atoms with Crippen molar-refractivity contribution in [1.29, 1.82) is 0 Å². The number of rotatable bonds is 7. The van der Waals surface area contributed by atoms with Gasteiger partial charge in [-0.2, -0.15) is 10.2 Å². The van der Waals surface area contributed by atoms with Crippen LogP contribution in [0.3, 0.4) is 0 Å². The minimum atomic E-state index is -0.756. The summed E-state index contributed by atoms with van der Waals surface area (Å²) in [4.78, 5) is 16.3. The number of thioether (sulfide) groups is 1. The Kier molecular flexibility index (Phi) is 6.77. The Labute approximate surface area is 184 Å². The second-order valence-corrected chi connectivity index (χ2v) is 8.28. The molecular weight excluding hydrogens is 418 g/mol. The third kappa shape index (κ3) is 5.02. The summed E-state index contributed by atoms with van der Waals surface area (Å²) >= 11 is 1.67. The number of nitrogens with one attached hydrogen (secondary N) is 1. The lowest BCUT2D eigenvalue weighted by Crippen LogP contribution is -2.50. The van der Waals surface area contributed by atoms with Crippen LogP contribution in [0.2, 0.25) is 0 Å². The van der Waals surface area contributed by atoms with Crippen LogP contribution in [0.5, 0.6) is 0 Å². The lowest BCUT2D eigenvalue weighted by atomic mass is 10.1. The van der Waals surface area contributed by atoms with Crippen molar-refractivity contribution in [3.63, 3.8) is 0 Å². The zero-order chi connectivity index (χ0) is 21.6. The SMILES string of the molecule is CSc1ccc(C=NNC(=O)C2N=NN(c3nonc3N)C2CN2CCCCC2)cc1. The Balaban J connectivity index is 1.45. The number of nitrogens with zero attached hydrogens (tertiary/aromatic N) is 7. The molecule has 0 spiro atoms. The molecule has 3 heterocycles. The largest absolute Gasteiger partial charge is 0.378 e. The number of carbonyl (C=O) groups is 1. The van der Waals surface area contributed by atoms with Gasteiger partial charge in [-0.1, -0.05) is 23.8 Å². The topological polar surface area (TPSA) is 138 Å². The third-order valence-electron chi connectivity index (χ3n) is 5.33. The molecule has 2 unspecified atom stereocenters. The predicted octanol–water partition coefficient (Wildman–Crippen LogP) is 1.93. The van der Waals surface area contributed by atoms with E-state index in [4.69, 9.17) is 10.4 Å². The Bertz CT molecular complexity index is 940. The monoisotopic (exact) mass is 443 g/mol. The molecule has 1 amide bonds. The Morgan fingerprint density at radius 3 is 2.74 bits per heavy atom. The fraction of sp³-hybridized carbons (Fsp3) is 0.474. The van der Waals surface area contributed by atoms with Crippen LogP contribution < -0.4 is 16.2 Å². The van der Waals surface area contributed by atoms with Gasteiger partial charge in [0.2, 0.25) is 11.6 Å². The summed E-state index contributed by atoms with van der Waals surface area (Å²) in [5.74, 6) is 0.0223. The van der Waals surface area contributed by atoms with Crippen LogP contribution >= 0.6 is 11.8 Å². The Morgan fingerprint density at radius 1 is 1.29 bits per heavy atom. The van der Waals surface area contributed by atoms with Crippen molar-refractivity contribution in [3.05, 3.63) is 29.8 Å². The van der Waals surface area contributed by atoms with E-state index in [1.54, 1.807) is 18.0 Å². The number of nitrogen functional groups attached to an aromatic ring is 1. The Morgan fingerprint density at radius 2 is 2.06 bits per heavy atom. The smallest absolute Gasteiger partial charge is 0.269 e. The summed E-state index contributed by atoms with van der Waals surface area (Å²) in [6.07, 6.45) is 7.10. The number of hydrogen-bond acceptors (Lipinski definition) is 11. The van der Waals surface area contributed by atoms with Crippen molar-refractivity contribution in [3.8, 4) is 0 Å². The second kappa shape index (κ2) is 9.88. The highest BCUT2D eigenvalue weighted by molar-refractivity contribution is 7.98. The third-order valence-corrected chi connectivity index (χ3v) is 6.07. The van der Waals surface area contributed by atoms with E-state index in [2.05, 4.69) is 36.1 Å². The van der Waals surface area contributed by atoms with E-state index in [1.807, 2.05) is 30.5 Å². The van der Waals surface area contributed by atoms with Crippen LogP contribution in [0.1, 0.15) is 24.8 Å². The molecule has 2 aromatic rings. The fourth-order valence-corrected chi connectivity index (χ4v) is 4.08. The number of anilines is 2. The van der Waals surface area contributed by atoms with Gasteiger partial charge in [-0.05, 0) is 60.2 Å². The van der Waals surface area contributed by atoms with Crippen molar-refractivity contribution in [1.82, 2.24) is 20.6 Å². The fourth-order valence-electron chi connectivity index (χ4n) is 3.67. The van der Waals surface area contributed by atoms with Crippen molar-refractivity contribution < 1.29 is 9.42 Å². The molecule has 2 atom stereocenters. The van der Waals surface area contributed by atoms with Gasteiger partial charge in [-0.15, -0.1) is 11.8 Å². The lowest BCUT2D eigenvalue weighted by molar-refractivity contribution is -0.122. The number of likely N-dealkylation sites (tertiary alicyclic amines) is 1. The van der Waals surface area contributed by atoms with Gasteiger partial charge in [-0.3, -0.25) is 4.79 Å². The number of carbonyl (C=O) groups excluding carboxylic acids is 1. The maximum atomic E-state index is 12.9. The van der Waals surface area contributed by atoms with Gasteiger partial charge in [0.1, 0.15) is 6.04 Å². The molecule has 11 nitrogen and oxygen atoms in total. The predicted molar refractivity (Wildman–Crippen MR) is 118 cm³/mol. The quantitative estimate of drug-likeness (QED) is 0.376. The highest BCUT2D eigenvalue weighted by atomic mass is 32.2. The number of aromatic nitrogens is 2. The zero-order valence-corrected chi connectivity index (χ0v) is 18.0. The second-order valence-electron chi connectivity index (χ2n) is 7.40. The normalized spacial score (nSPS) is 21.8. The maximum absolute atomic E-state index is 12.9. The minimum Gasteiger partial charge on any atom is -0.378 e. The number of benzene rings is 1. The highest BCUT2D eigenvalue weighted by Gasteiger charge is 2.42. The first kappa shape index (κ1) is 21.2. The standard InChI is InChI=1S/C19H25N9O2S/c1-31-14-7-5-13(6-8-14)11-21-23-19(29)16-15(12-27-9-3-2-4-10-27)28(26-22-16)18-17(20)24-30-25-18/h5-8,11,15-16H,2-4,9-10,12H2,1H3,(H2,20,24)(H,23,29). The average molecular weight is 444 g/mol. The lowest BCUT2D eigenvalue weighted by Gasteiger charge is -2.32. The number of hydrogen-bond donors (Lipinski definition) is 2. The molecule has 1 fully saturated rings. The van der Waals surface area contributed by atoms with Gasteiger partial charge in [-0.25, -0.2) is 15.1 Å². The summed E-state index contributed by atoms with van der Waals surface area (Å²) in [5.41, 5.74) is 9.33.